The smallest absolute Gasteiger partial charge is 0.252 e. The molecule has 0 radical (unpaired) electrons. The molecular weight excluding hydrogens is 306 g/mol. The average Bonchev–Trinajstić information content (AvgIpc) is 2.60. The summed E-state index contributed by atoms with van der Waals surface area (Å²) in [6.45, 7) is 5.86. The van der Waals surface area contributed by atoms with Crippen molar-refractivity contribution in [2.75, 3.05) is 25.1 Å². The van der Waals surface area contributed by atoms with Crippen LogP contribution < -0.4 is 20.1 Å². The summed E-state index contributed by atoms with van der Waals surface area (Å²) < 4.78 is 11.1. The molecule has 1 amide bonds. The minimum atomic E-state index is -0.123. The molecule has 0 atom stereocenters. The highest BCUT2D eigenvalue weighted by Crippen LogP contribution is 2.33. The number of carbonyl (C=O) groups excluding carboxylic acids is 1. The van der Waals surface area contributed by atoms with Gasteiger partial charge in [-0.1, -0.05) is 13.8 Å². The van der Waals surface area contributed by atoms with Gasteiger partial charge in [0.15, 0.2) is 11.5 Å². The molecule has 2 heterocycles. The second-order valence-electron chi connectivity index (χ2n) is 6.05. The van der Waals surface area contributed by atoms with Gasteiger partial charge in [0.1, 0.15) is 13.2 Å². The molecule has 0 aliphatic carbocycles. The van der Waals surface area contributed by atoms with Gasteiger partial charge < -0.3 is 20.1 Å². The predicted octanol–water partition coefficient (Wildman–Crippen LogP) is 2.98. The first-order valence-electron chi connectivity index (χ1n) is 8.02. The molecule has 6 heteroatoms. The van der Waals surface area contributed by atoms with Crippen LogP contribution in [0.1, 0.15) is 24.2 Å². The van der Waals surface area contributed by atoms with E-state index >= 15 is 0 Å². The monoisotopic (exact) mass is 327 g/mol. The van der Waals surface area contributed by atoms with Gasteiger partial charge in [-0.05, 0) is 24.1 Å². The SMILES string of the molecule is CC(C)CNC(=O)c1cncc(Nc2ccc3c(c2)OCCO3)c1. The summed E-state index contributed by atoms with van der Waals surface area (Å²) in [5, 5.41) is 6.12. The van der Waals surface area contributed by atoms with Crippen molar-refractivity contribution in [2.24, 2.45) is 5.92 Å². The number of fused-ring (bicyclic) bond motifs is 1. The maximum Gasteiger partial charge on any atom is 0.252 e. The van der Waals surface area contributed by atoms with Crippen molar-refractivity contribution in [3.8, 4) is 11.5 Å². The Morgan fingerprint density at radius 1 is 1.12 bits per heavy atom. The molecule has 0 fully saturated rings. The van der Waals surface area contributed by atoms with Crippen molar-refractivity contribution in [3.05, 3.63) is 42.2 Å². The molecule has 6 nitrogen and oxygen atoms in total. The Hall–Kier alpha value is -2.76. The quantitative estimate of drug-likeness (QED) is 0.883. The highest BCUT2D eigenvalue weighted by Gasteiger charge is 2.12. The van der Waals surface area contributed by atoms with Crippen LogP contribution >= 0.6 is 0 Å². The third-order valence-electron chi connectivity index (χ3n) is 3.50. The number of pyridine rings is 1. The Balaban J connectivity index is 1.71. The molecule has 1 aromatic carbocycles. The minimum Gasteiger partial charge on any atom is -0.486 e. The van der Waals surface area contributed by atoms with E-state index in [1.807, 2.05) is 18.2 Å². The number of nitrogens with zero attached hydrogens (tertiary/aromatic N) is 1. The van der Waals surface area contributed by atoms with Crippen LogP contribution in [0.25, 0.3) is 0 Å². The average molecular weight is 327 g/mol. The van der Waals surface area contributed by atoms with Crippen LogP contribution in [0.4, 0.5) is 11.4 Å². The van der Waals surface area contributed by atoms with Crippen LogP contribution in [-0.2, 0) is 0 Å². The lowest BCUT2D eigenvalue weighted by atomic mass is 10.2. The van der Waals surface area contributed by atoms with Crippen LogP contribution in [0.15, 0.2) is 36.7 Å². The molecule has 0 saturated carbocycles. The van der Waals surface area contributed by atoms with E-state index in [1.54, 1.807) is 18.5 Å². The molecular formula is C18H21N3O3. The first kappa shape index (κ1) is 16.1. The molecule has 0 bridgehead atoms. The lowest BCUT2D eigenvalue weighted by Crippen LogP contribution is -2.27. The fourth-order valence-electron chi connectivity index (χ4n) is 2.32. The number of ether oxygens (including phenoxy) is 2. The summed E-state index contributed by atoms with van der Waals surface area (Å²) in [6, 6.07) is 7.42. The Morgan fingerprint density at radius 2 is 1.92 bits per heavy atom. The number of carbonyl (C=O) groups is 1. The predicted molar refractivity (Wildman–Crippen MR) is 92.1 cm³/mol. The number of rotatable bonds is 5. The number of anilines is 2. The molecule has 2 N–H and O–H groups in total. The van der Waals surface area contributed by atoms with E-state index in [0.717, 1.165) is 17.1 Å². The largest absolute Gasteiger partial charge is 0.486 e. The third kappa shape index (κ3) is 3.95. The van der Waals surface area contributed by atoms with Crippen molar-refractivity contribution >= 4 is 17.3 Å². The highest BCUT2D eigenvalue weighted by molar-refractivity contribution is 5.94. The summed E-state index contributed by atoms with van der Waals surface area (Å²) in [4.78, 5) is 16.3. The fourth-order valence-corrected chi connectivity index (χ4v) is 2.32. The topological polar surface area (TPSA) is 72.5 Å². The lowest BCUT2D eigenvalue weighted by Gasteiger charge is -2.19. The molecule has 0 saturated heterocycles. The van der Waals surface area contributed by atoms with Crippen LogP contribution in [-0.4, -0.2) is 30.6 Å². The molecule has 1 aliphatic rings. The van der Waals surface area contributed by atoms with E-state index < -0.39 is 0 Å². The molecule has 1 aliphatic heterocycles. The zero-order chi connectivity index (χ0) is 16.9. The second kappa shape index (κ2) is 7.21. The van der Waals surface area contributed by atoms with Gasteiger partial charge in [0.2, 0.25) is 0 Å². The van der Waals surface area contributed by atoms with Crippen LogP contribution in [0, 0.1) is 5.92 Å². The summed E-state index contributed by atoms with van der Waals surface area (Å²) in [5.41, 5.74) is 2.11. The fraction of sp³-hybridized carbons (Fsp3) is 0.333. The van der Waals surface area contributed by atoms with Gasteiger partial charge in [0.05, 0.1) is 17.4 Å². The van der Waals surface area contributed by atoms with Crippen molar-refractivity contribution in [1.29, 1.82) is 0 Å². The van der Waals surface area contributed by atoms with Gasteiger partial charge in [-0.15, -0.1) is 0 Å². The number of nitrogens with one attached hydrogen (secondary N) is 2. The molecule has 2 aromatic rings. The van der Waals surface area contributed by atoms with Crippen molar-refractivity contribution in [1.82, 2.24) is 10.3 Å². The van der Waals surface area contributed by atoms with Gasteiger partial charge in [0.25, 0.3) is 5.91 Å². The number of hydrogen-bond donors (Lipinski definition) is 2. The zero-order valence-corrected chi connectivity index (χ0v) is 13.8. The molecule has 0 unspecified atom stereocenters. The van der Waals surface area contributed by atoms with Crippen molar-refractivity contribution < 1.29 is 14.3 Å². The van der Waals surface area contributed by atoms with E-state index in [1.165, 1.54) is 0 Å². The summed E-state index contributed by atoms with van der Waals surface area (Å²) in [5.74, 6) is 1.74. The van der Waals surface area contributed by atoms with E-state index in [-0.39, 0.29) is 5.91 Å². The molecule has 24 heavy (non-hydrogen) atoms. The first-order chi connectivity index (χ1) is 11.6. The normalized spacial score (nSPS) is 12.8. The Bertz CT molecular complexity index is 731. The van der Waals surface area contributed by atoms with E-state index in [9.17, 15) is 4.79 Å². The van der Waals surface area contributed by atoms with E-state index in [4.69, 9.17) is 9.47 Å². The second-order valence-corrected chi connectivity index (χ2v) is 6.05. The van der Waals surface area contributed by atoms with Crippen LogP contribution in [0.5, 0.6) is 11.5 Å². The van der Waals surface area contributed by atoms with E-state index in [0.29, 0.717) is 37.0 Å². The van der Waals surface area contributed by atoms with Gasteiger partial charge in [0, 0.05) is 24.5 Å². The number of benzene rings is 1. The van der Waals surface area contributed by atoms with Crippen molar-refractivity contribution in [3.63, 3.8) is 0 Å². The number of amides is 1. The first-order valence-corrected chi connectivity index (χ1v) is 8.02. The van der Waals surface area contributed by atoms with Gasteiger partial charge in [-0.2, -0.15) is 0 Å². The Morgan fingerprint density at radius 3 is 2.71 bits per heavy atom. The third-order valence-corrected chi connectivity index (χ3v) is 3.50. The molecule has 0 spiro atoms. The van der Waals surface area contributed by atoms with Crippen LogP contribution in [0.3, 0.4) is 0 Å². The summed E-state index contributed by atoms with van der Waals surface area (Å²) in [6.07, 6.45) is 3.24. The lowest BCUT2D eigenvalue weighted by molar-refractivity contribution is 0.0948. The van der Waals surface area contributed by atoms with E-state index in [2.05, 4.69) is 29.5 Å². The summed E-state index contributed by atoms with van der Waals surface area (Å²) in [7, 11) is 0. The maximum atomic E-state index is 12.1. The standard InChI is InChI=1S/C18H21N3O3/c1-12(2)9-20-18(22)13-7-15(11-19-10-13)21-14-3-4-16-17(8-14)24-6-5-23-16/h3-4,7-8,10-12,21H,5-6,9H2,1-2H3,(H,20,22). The van der Waals surface area contributed by atoms with Gasteiger partial charge >= 0.3 is 0 Å². The Kier molecular flexibility index (Phi) is 4.84. The Labute approximate surface area is 141 Å². The number of aromatic nitrogens is 1. The highest BCUT2D eigenvalue weighted by atomic mass is 16.6. The molecule has 1 aromatic heterocycles. The maximum absolute atomic E-state index is 12.1. The zero-order valence-electron chi connectivity index (χ0n) is 13.8. The summed E-state index contributed by atoms with van der Waals surface area (Å²) >= 11 is 0. The van der Waals surface area contributed by atoms with Crippen molar-refractivity contribution in [2.45, 2.75) is 13.8 Å². The minimum absolute atomic E-state index is 0.123. The number of hydrogen-bond acceptors (Lipinski definition) is 5. The molecule has 126 valence electrons. The molecule has 3 rings (SSSR count). The van der Waals surface area contributed by atoms with Gasteiger partial charge in [-0.3, -0.25) is 9.78 Å². The van der Waals surface area contributed by atoms with Crippen LogP contribution in [0.2, 0.25) is 0 Å². The van der Waals surface area contributed by atoms with Gasteiger partial charge in [-0.25, -0.2) is 0 Å².